The summed E-state index contributed by atoms with van der Waals surface area (Å²) >= 11 is 0. The van der Waals surface area contributed by atoms with Crippen LogP contribution in [0.25, 0.3) is 22.3 Å². The zero-order valence-electron chi connectivity index (χ0n) is 17.0. The van der Waals surface area contributed by atoms with Crippen molar-refractivity contribution in [1.29, 1.82) is 0 Å². The summed E-state index contributed by atoms with van der Waals surface area (Å²) in [7, 11) is 2.17. The van der Waals surface area contributed by atoms with Crippen molar-refractivity contribution in [2.45, 2.75) is 43.6 Å². The van der Waals surface area contributed by atoms with Crippen molar-refractivity contribution in [3.63, 3.8) is 0 Å². The number of likely N-dealkylation sites (tertiary alicyclic amines) is 1. The second-order valence-electron chi connectivity index (χ2n) is 9.33. The van der Waals surface area contributed by atoms with E-state index in [1.54, 1.807) is 0 Å². The summed E-state index contributed by atoms with van der Waals surface area (Å²) in [6.07, 6.45) is 8.91. The summed E-state index contributed by atoms with van der Waals surface area (Å²) in [5.74, 6) is 1.87. The number of hydrogen-bond acceptors (Lipinski definition) is 5. The summed E-state index contributed by atoms with van der Waals surface area (Å²) in [5, 5.41) is 4.99. The largest absolute Gasteiger partial charge is 0.330 e. The van der Waals surface area contributed by atoms with E-state index in [0.29, 0.717) is 23.8 Å². The van der Waals surface area contributed by atoms with Gasteiger partial charge in [0, 0.05) is 36.7 Å². The van der Waals surface area contributed by atoms with E-state index in [-0.39, 0.29) is 0 Å². The van der Waals surface area contributed by atoms with Crippen molar-refractivity contribution in [2.24, 2.45) is 11.7 Å². The van der Waals surface area contributed by atoms with Crippen LogP contribution in [-0.4, -0.2) is 51.3 Å². The molecule has 3 fully saturated rings. The van der Waals surface area contributed by atoms with Crippen LogP contribution in [0.1, 0.15) is 54.8 Å². The Labute approximate surface area is 171 Å². The van der Waals surface area contributed by atoms with E-state index in [4.69, 9.17) is 20.8 Å². The minimum Gasteiger partial charge on any atom is -0.330 e. The second-order valence-corrected chi connectivity index (χ2v) is 9.33. The maximum absolute atomic E-state index is 5.81. The molecule has 0 spiro atoms. The van der Waals surface area contributed by atoms with Gasteiger partial charge in [-0.3, -0.25) is 9.67 Å². The molecule has 2 aliphatic carbocycles. The van der Waals surface area contributed by atoms with Crippen molar-refractivity contribution in [2.75, 3.05) is 26.7 Å². The van der Waals surface area contributed by atoms with Gasteiger partial charge in [0.05, 0.1) is 34.7 Å². The molecule has 6 nitrogen and oxygen atoms in total. The highest BCUT2D eigenvalue weighted by Gasteiger charge is 2.34. The number of benzene rings is 1. The minimum atomic E-state index is 0.492. The van der Waals surface area contributed by atoms with E-state index in [1.165, 1.54) is 29.7 Å². The van der Waals surface area contributed by atoms with Gasteiger partial charge in [0.25, 0.3) is 0 Å². The lowest BCUT2D eigenvalue weighted by molar-refractivity contribution is 0.189. The fourth-order valence-corrected chi connectivity index (χ4v) is 4.88. The lowest BCUT2D eigenvalue weighted by Gasteiger charge is -2.36. The van der Waals surface area contributed by atoms with Crippen molar-refractivity contribution < 1.29 is 0 Å². The Bertz CT molecular complexity index is 1060. The molecule has 3 aromatic rings. The highest BCUT2D eigenvalue weighted by Crippen LogP contribution is 2.45. The molecule has 3 heterocycles. The van der Waals surface area contributed by atoms with Gasteiger partial charge in [-0.05, 0) is 62.9 Å². The fourth-order valence-electron chi connectivity index (χ4n) is 4.88. The summed E-state index contributed by atoms with van der Waals surface area (Å²) in [4.78, 5) is 12.1. The van der Waals surface area contributed by atoms with Crippen LogP contribution in [0, 0.1) is 5.92 Å². The van der Waals surface area contributed by atoms with Crippen LogP contribution in [0.4, 0.5) is 0 Å². The van der Waals surface area contributed by atoms with Gasteiger partial charge in [0.15, 0.2) is 0 Å². The molecule has 2 N–H and O–H groups in total. The Kier molecular flexibility index (Phi) is 4.00. The molecule has 0 unspecified atom stereocenters. The van der Waals surface area contributed by atoms with Crippen LogP contribution in [0.5, 0.6) is 0 Å². The highest BCUT2D eigenvalue weighted by molar-refractivity contribution is 5.78. The molecule has 6 rings (SSSR count). The third kappa shape index (κ3) is 3.06. The molecule has 150 valence electrons. The lowest BCUT2D eigenvalue weighted by atomic mass is 9.80. The fraction of sp³-hybridized carbons (Fsp3) is 0.522. The molecule has 3 aliphatic rings. The number of aromatic nitrogens is 4. The van der Waals surface area contributed by atoms with Gasteiger partial charge >= 0.3 is 0 Å². The molecular formula is C23H28N6. The average molecular weight is 389 g/mol. The first-order valence-electron chi connectivity index (χ1n) is 10.9. The van der Waals surface area contributed by atoms with E-state index < -0.39 is 0 Å². The van der Waals surface area contributed by atoms with Gasteiger partial charge in [-0.25, -0.2) is 4.98 Å². The van der Waals surface area contributed by atoms with Crippen LogP contribution >= 0.6 is 0 Å². The lowest BCUT2D eigenvalue weighted by Crippen LogP contribution is -2.41. The number of fused-ring (bicyclic) bond motifs is 1. The zero-order chi connectivity index (χ0) is 19.5. The maximum atomic E-state index is 5.81. The number of nitrogens with two attached hydrogens (primary N) is 1. The molecule has 1 aliphatic heterocycles. The van der Waals surface area contributed by atoms with Crippen molar-refractivity contribution in [1.82, 2.24) is 24.6 Å². The van der Waals surface area contributed by atoms with E-state index in [2.05, 4.69) is 41.0 Å². The Morgan fingerprint density at radius 2 is 1.93 bits per heavy atom. The molecule has 2 aromatic heterocycles. The van der Waals surface area contributed by atoms with Crippen LogP contribution in [0.3, 0.4) is 0 Å². The Hall–Kier alpha value is -2.31. The summed E-state index contributed by atoms with van der Waals surface area (Å²) in [6.45, 7) is 3.05. The molecule has 0 radical (unpaired) electrons. The molecule has 29 heavy (non-hydrogen) atoms. The number of likely N-dealkylation sites (N-methyl/N-ethyl adjacent to an activating group) is 1. The van der Waals surface area contributed by atoms with E-state index in [9.17, 15) is 0 Å². The van der Waals surface area contributed by atoms with Crippen molar-refractivity contribution in [3.8, 4) is 11.3 Å². The second kappa shape index (κ2) is 6.61. The SMILES string of the molecule is CN1CC(c2ccc3nc(-c4cn(C5CC(CN)C5)nc4C4CC4)cnc3c2)C1. The quantitative estimate of drug-likeness (QED) is 0.726. The van der Waals surface area contributed by atoms with Crippen molar-refractivity contribution >= 4 is 11.0 Å². The Morgan fingerprint density at radius 3 is 2.66 bits per heavy atom. The zero-order valence-corrected chi connectivity index (χ0v) is 17.0. The van der Waals surface area contributed by atoms with Gasteiger partial charge in [0.1, 0.15) is 0 Å². The molecule has 1 saturated heterocycles. The Balaban J connectivity index is 1.32. The van der Waals surface area contributed by atoms with E-state index in [1.807, 2.05) is 6.20 Å². The van der Waals surface area contributed by atoms with Gasteiger partial charge in [-0.15, -0.1) is 0 Å². The first kappa shape index (κ1) is 17.5. The van der Waals surface area contributed by atoms with Gasteiger partial charge in [-0.1, -0.05) is 6.07 Å². The topological polar surface area (TPSA) is 72.9 Å². The maximum Gasteiger partial charge on any atom is 0.0927 e. The Morgan fingerprint density at radius 1 is 1.10 bits per heavy atom. The molecular weight excluding hydrogens is 360 g/mol. The normalized spacial score (nSPS) is 25.2. The first-order valence-corrected chi connectivity index (χ1v) is 10.9. The molecule has 6 heteroatoms. The van der Waals surface area contributed by atoms with E-state index in [0.717, 1.165) is 49.2 Å². The van der Waals surface area contributed by atoms with Gasteiger partial charge in [0.2, 0.25) is 0 Å². The third-order valence-corrected chi connectivity index (χ3v) is 7.02. The first-order chi connectivity index (χ1) is 14.2. The van der Waals surface area contributed by atoms with Crippen LogP contribution in [0.2, 0.25) is 0 Å². The average Bonchev–Trinajstić information content (AvgIpc) is 3.43. The molecule has 1 aromatic carbocycles. The molecule has 0 atom stereocenters. The predicted molar refractivity (Wildman–Crippen MR) is 114 cm³/mol. The standard InChI is InChI=1S/C23H28N6/c1-28-11-17(12-28)16-4-5-20-21(8-16)25-10-22(26-20)19-13-29(18-6-14(7-18)9-24)27-23(19)15-2-3-15/h4-5,8,10,13-15,17-18H,2-3,6-7,9,11-12,24H2,1H3. The number of hydrogen-bond donors (Lipinski definition) is 1. The minimum absolute atomic E-state index is 0.492. The smallest absolute Gasteiger partial charge is 0.0927 e. The molecule has 0 bridgehead atoms. The van der Waals surface area contributed by atoms with Gasteiger partial charge < -0.3 is 10.6 Å². The van der Waals surface area contributed by atoms with Crippen LogP contribution < -0.4 is 5.73 Å². The van der Waals surface area contributed by atoms with Crippen LogP contribution in [-0.2, 0) is 0 Å². The summed E-state index contributed by atoms with van der Waals surface area (Å²) < 4.78 is 2.18. The summed E-state index contributed by atoms with van der Waals surface area (Å²) in [6, 6.07) is 7.08. The van der Waals surface area contributed by atoms with Crippen molar-refractivity contribution in [3.05, 3.63) is 41.9 Å². The summed E-state index contributed by atoms with van der Waals surface area (Å²) in [5.41, 5.74) is 12.5. The number of rotatable bonds is 5. The molecule has 2 saturated carbocycles. The predicted octanol–water partition coefficient (Wildman–Crippen LogP) is 3.31. The highest BCUT2D eigenvalue weighted by atomic mass is 15.3. The van der Waals surface area contributed by atoms with E-state index >= 15 is 0 Å². The monoisotopic (exact) mass is 388 g/mol. The van der Waals surface area contributed by atoms with Gasteiger partial charge in [-0.2, -0.15) is 5.10 Å². The van der Waals surface area contributed by atoms with Crippen LogP contribution in [0.15, 0.2) is 30.6 Å². The third-order valence-electron chi connectivity index (χ3n) is 7.02. The number of nitrogens with zero attached hydrogens (tertiary/aromatic N) is 5. The molecule has 0 amide bonds.